The Hall–Kier alpha value is -0.910. The molecule has 226 valence electrons. The lowest BCUT2D eigenvalue weighted by Crippen LogP contribution is -2.46. The molecule has 0 saturated heterocycles. The molecule has 5 heteroatoms. The van der Waals surface area contributed by atoms with Crippen molar-refractivity contribution in [1.82, 2.24) is 5.32 Å². The lowest BCUT2D eigenvalue weighted by atomic mass is 10.0. The quantitative estimate of drug-likeness (QED) is 0.0570. The zero-order chi connectivity index (χ0) is 28.1. The van der Waals surface area contributed by atoms with Crippen molar-refractivity contribution in [2.75, 3.05) is 6.61 Å². The highest BCUT2D eigenvalue weighted by atomic mass is 16.3. The molecule has 0 fully saturated rings. The van der Waals surface area contributed by atoms with Gasteiger partial charge in [0.2, 0.25) is 5.91 Å². The van der Waals surface area contributed by atoms with Crippen LogP contribution in [0, 0.1) is 0 Å². The average molecular weight is 540 g/mol. The molecule has 5 nitrogen and oxygen atoms in total. The van der Waals surface area contributed by atoms with Gasteiger partial charge in [0.25, 0.3) is 0 Å². The van der Waals surface area contributed by atoms with E-state index in [2.05, 4.69) is 31.3 Å². The summed E-state index contributed by atoms with van der Waals surface area (Å²) in [6, 6.07) is -0.656. The van der Waals surface area contributed by atoms with Crippen LogP contribution in [0.1, 0.15) is 168 Å². The second-order valence-electron chi connectivity index (χ2n) is 11.4. The summed E-state index contributed by atoms with van der Waals surface area (Å²) in [5.74, 6) is -0.295. The van der Waals surface area contributed by atoms with E-state index in [0.29, 0.717) is 12.8 Å². The Kier molecular flexibility index (Phi) is 28.4. The topological polar surface area (TPSA) is 89.8 Å². The van der Waals surface area contributed by atoms with Crippen molar-refractivity contribution in [1.29, 1.82) is 0 Å². The minimum Gasteiger partial charge on any atom is -0.394 e. The Labute approximate surface area is 236 Å². The Bertz CT molecular complexity index is 525. The lowest BCUT2D eigenvalue weighted by molar-refractivity contribution is -0.125. The Morgan fingerprint density at radius 1 is 0.632 bits per heavy atom. The summed E-state index contributed by atoms with van der Waals surface area (Å²) >= 11 is 0. The van der Waals surface area contributed by atoms with Crippen molar-refractivity contribution in [3.8, 4) is 0 Å². The first-order chi connectivity index (χ1) is 18.5. The van der Waals surface area contributed by atoms with Crippen molar-refractivity contribution >= 4 is 5.91 Å². The molecule has 0 rings (SSSR count). The van der Waals surface area contributed by atoms with Crippen molar-refractivity contribution in [2.24, 2.45) is 0 Å². The molecular weight excluding hydrogens is 474 g/mol. The minimum atomic E-state index is -0.746. The molecule has 3 unspecified atom stereocenters. The highest BCUT2D eigenvalue weighted by Crippen LogP contribution is 2.14. The van der Waals surface area contributed by atoms with Gasteiger partial charge in [-0.15, -0.1) is 0 Å². The van der Waals surface area contributed by atoms with Gasteiger partial charge in [0.15, 0.2) is 0 Å². The van der Waals surface area contributed by atoms with Gasteiger partial charge in [-0.05, 0) is 38.5 Å². The van der Waals surface area contributed by atoms with Crippen LogP contribution in [0.2, 0.25) is 0 Å². The Morgan fingerprint density at radius 2 is 1.05 bits per heavy atom. The summed E-state index contributed by atoms with van der Waals surface area (Å²) in [5.41, 5.74) is 0. The molecule has 1 amide bonds. The Balaban J connectivity index is 3.73. The molecule has 4 N–H and O–H groups in total. The summed E-state index contributed by atoms with van der Waals surface area (Å²) in [6.45, 7) is 4.20. The van der Waals surface area contributed by atoms with E-state index in [1.165, 1.54) is 96.3 Å². The molecule has 0 bridgehead atoms. The number of aliphatic hydroxyl groups excluding tert-OH is 3. The van der Waals surface area contributed by atoms with Crippen molar-refractivity contribution < 1.29 is 20.1 Å². The molecule has 0 spiro atoms. The molecule has 0 aliphatic rings. The van der Waals surface area contributed by atoms with E-state index in [1.807, 2.05) is 0 Å². The monoisotopic (exact) mass is 539 g/mol. The summed E-state index contributed by atoms with van der Waals surface area (Å²) in [5, 5.41) is 33.0. The smallest absolute Gasteiger partial charge is 0.222 e. The first-order valence-corrected chi connectivity index (χ1v) is 16.5. The van der Waals surface area contributed by atoms with Gasteiger partial charge in [-0.3, -0.25) is 4.79 Å². The number of aliphatic hydroxyl groups is 3. The zero-order valence-electron chi connectivity index (χ0n) is 25.3. The van der Waals surface area contributed by atoms with E-state index in [1.54, 1.807) is 0 Å². The first-order valence-electron chi connectivity index (χ1n) is 16.5. The molecule has 0 radical (unpaired) electrons. The molecule has 0 aromatic rings. The van der Waals surface area contributed by atoms with Crippen LogP contribution in [0.25, 0.3) is 0 Å². The SMILES string of the molecule is CCCCCCCCC/C=C\CCCCCC(O)CC(=O)NC(CO)C(O)CCCCCCCCCCC. The molecule has 0 aliphatic carbocycles. The summed E-state index contributed by atoms with van der Waals surface area (Å²) in [7, 11) is 0. The van der Waals surface area contributed by atoms with Crippen LogP contribution in [-0.4, -0.2) is 46.1 Å². The van der Waals surface area contributed by atoms with E-state index in [0.717, 1.165) is 38.5 Å². The van der Waals surface area contributed by atoms with Crippen LogP contribution in [0.5, 0.6) is 0 Å². The second-order valence-corrected chi connectivity index (χ2v) is 11.4. The summed E-state index contributed by atoms with van der Waals surface area (Å²) in [6.07, 6.45) is 30.2. The third kappa shape index (κ3) is 25.4. The fourth-order valence-corrected chi connectivity index (χ4v) is 4.98. The van der Waals surface area contributed by atoms with Crippen LogP contribution in [-0.2, 0) is 4.79 Å². The van der Waals surface area contributed by atoms with Gasteiger partial charge in [-0.2, -0.15) is 0 Å². The van der Waals surface area contributed by atoms with Crippen molar-refractivity contribution in [3.63, 3.8) is 0 Å². The maximum atomic E-state index is 12.3. The van der Waals surface area contributed by atoms with Gasteiger partial charge in [0, 0.05) is 0 Å². The molecule has 3 atom stereocenters. The molecule has 0 aromatic heterocycles. The van der Waals surface area contributed by atoms with Crippen molar-refractivity contribution in [3.05, 3.63) is 12.2 Å². The summed E-state index contributed by atoms with van der Waals surface area (Å²) < 4.78 is 0. The van der Waals surface area contributed by atoms with Crippen LogP contribution < -0.4 is 5.32 Å². The minimum absolute atomic E-state index is 0.0274. The third-order valence-corrected chi connectivity index (χ3v) is 7.58. The lowest BCUT2D eigenvalue weighted by Gasteiger charge is -2.23. The van der Waals surface area contributed by atoms with E-state index in [4.69, 9.17) is 0 Å². The van der Waals surface area contributed by atoms with Crippen LogP contribution >= 0.6 is 0 Å². The van der Waals surface area contributed by atoms with Gasteiger partial charge in [0.1, 0.15) is 0 Å². The maximum Gasteiger partial charge on any atom is 0.222 e. The molecule has 0 saturated carbocycles. The van der Waals surface area contributed by atoms with Gasteiger partial charge < -0.3 is 20.6 Å². The molecule has 38 heavy (non-hydrogen) atoms. The van der Waals surface area contributed by atoms with E-state index in [-0.39, 0.29) is 18.9 Å². The summed E-state index contributed by atoms with van der Waals surface area (Å²) in [4.78, 5) is 12.3. The number of unbranched alkanes of at least 4 members (excludes halogenated alkanes) is 18. The number of allylic oxidation sites excluding steroid dienone is 2. The number of carbonyl (C=O) groups is 1. The molecular formula is C33H65NO4. The normalized spacial score (nSPS) is 14.1. The van der Waals surface area contributed by atoms with Crippen molar-refractivity contribution in [2.45, 2.75) is 186 Å². The zero-order valence-corrected chi connectivity index (χ0v) is 25.3. The second kappa shape index (κ2) is 29.1. The predicted octanol–water partition coefficient (Wildman–Crippen LogP) is 8.14. The maximum absolute atomic E-state index is 12.3. The Morgan fingerprint density at radius 3 is 1.55 bits per heavy atom. The fraction of sp³-hybridized carbons (Fsp3) is 0.909. The van der Waals surface area contributed by atoms with Gasteiger partial charge in [-0.1, -0.05) is 135 Å². The average Bonchev–Trinajstić information content (AvgIpc) is 2.90. The molecule has 0 heterocycles. The molecule has 0 aliphatic heterocycles. The number of hydrogen-bond acceptors (Lipinski definition) is 4. The number of nitrogens with one attached hydrogen (secondary N) is 1. The van der Waals surface area contributed by atoms with Crippen LogP contribution in [0.15, 0.2) is 12.2 Å². The third-order valence-electron chi connectivity index (χ3n) is 7.58. The fourth-order valence-electron chi connectivity index (χ4n) is 4.98. The van der Waals surface area contributed by atoms with Gasteiger partial charge >= 0.3 is 0 Å². The van der Waals surface area contributed by atoms with E-state index >= 15 is 0 Å². The first kappa shape index (κ1) is 37.1. The largest absolute Gasteiger partial charge is 0.394 e. The number of carbonyl (C=O) groups excluding carboxylic acids is 1. The van der Waals surface area contributed by atoms with Gasteiger partial charge in [-0.25, -0.2) is 0 Å². The van der Waals surface area contributed by atoms with Crippen LogP contribution in [0.4, 0.5) is 0 Å². The predicted molar refractivity (Wildman–Crippen MR) is 162 cm³/mol. The van der Waals surface area contributed by atoms with E-state index < -0.39 is 18.2 Å². The van der Waals surface area contributed by atoms with Gasteiger partial charge in [0.05, 0.1) is 31.3 Å². The number of hydrogen-bond donors (Lipinski definition) is 4. The number of rotatable bonds is 29. The standard InChI is InChI=1S/C33H65NO4/c1-3-5-7-9-11-13-14-15-16-17-19-20-22-24-26-30(36)28-33(38)34-31(29-35)32(37)27-25-23-21-18-12-10-8-6-4-2/h16-17,30-32,35-37H,3-15,18-29H2,1-2H3,(H,34,38)/b17-16-. The highest BCUT2D eigenvalue weighted by molar-refractivity contribution is 5.76. The molecule has 0 aromatic carbocycles. The van der Waals surface area contributed by atoms with Crippen LogP contribution in [0.3, 0.4) is 0 Å². The van der Waals surface area contributed by atoms with E-state index in [9.17, 15) is 20.1 Å². The highest BCUT2D eigenvalue weighted by Gasteiger charge is 2.21. The number of amides is 1.